The summed E-state index contributed by atoms with van der Waals surface area (Å²) < 4.78 is 10.7. The highest BCUT2D eigenvalue weighted by atomic mass is 35.5. The van der Waals surface area contributed by atoms with Crippen molar-refractivity contribution in [2.24, 2.45) is 0 Å². The Morgan fingerprint density at radius 3 is 2.46 bits per heavy atom. The first kappa shape index (κ1) is 20.4. The van der Waals surface area contributed by atoms with E-state index in [0.29, 0.717) is 34.4 Å². The van der Waals surface area contributed by atoms with E-state index in [9.17, 15) is 4.79 Å². The van der Waals surface area contributed by atoms with Crippen molar-refractivity contribution in [3.63, 3.8) is 0 Å². The lowest BCUT2D eigenvalue weighted by Gasteiger charge is -2.19. The fourth-order valence-electron chi connectivity index (χ4n) is 2.84. The van der Waals surface area contributed by atoms with Gasteiger partial charge in [0.05, 0.1) is 30.3 Å². The van der Waals surface area contributed by atoms with Gasteiger partial charge in [-0.05, 0) is 55.2 Å². The van der Waals surface area contributed by atoms with Crippen molar-refractivity contribution in [2.75, 3.05) is 14.2 Å². The quantitative estimate of drug-likeness (QED) is 0.706. The SMILES string of the molecule is COc1cc(C)c(C(C)NC(=O)CCc2cccc(Cl)c2Cl)cc1OC. The zero-order valence-corrected chi connectivity index (χ0v) is 16.9. The van der Waals surface area contributed by atoms with E-state index in [1.54, 1.807) is 20.3 Å². The maximum Gasteiger partial charge on any atom is 0.220 e. The van der Waals surface area contributed by atoms with Gasteiger partial charge in [-0.1, -0.05) is 35.3 Å². The van der Waals surface area contributed by atoms with E-state index in [-0.39, 0.29) is 11.9 Å². The number of hydrogen-bond donors (Lipinski definition) is 1. The Labute approximate surface area is 164 Å². The van der Waals surface area contributed by atoms with Crippen LogP contribution in [0, 0.1) is 6.92 Å². The summed E-state index contributed by atoms with van der Waals surface area (Å²) in [6, 6.07) is 9.09. The van der Waals surface area contributed by atoms with Gasteiger partial charge in [0, 0.05) is 6.42 Å². The van der Waals surface area contributed by atoms with Crippen LogP contribution in [-0.2, 0) is 11.2 Å². The number of benzene rings is 2. The van der Waals surface area contributed by atoms with Gasteiger partial charge in [0.2, 0.25) is 5.91 Å². The fraction of sp³-hybridized carbons (Fsp3) is 0.350. The molecule has 0 heterocycles. The molecule has 0 spiro atoms. The summed E-state index contributed by atoms with van der Waals surface area (Å²) >= 11 is 12.2. The molecule has 0 aliphatic heterocycles. The lowest BCUT2D eigenvalue weighted by molar-refractivity contribution is -0.121. The van der Waals surface area contributed by atoms with Crippen LogP contribution in [0.25, 0.3) is 0 Å². The van der Waals surface area contributed by atoms with Gasteiger partial charge in [-0.2, -0.15) is 0 Å². The van der Waals surface area contributed by atoms with Crippen LogP contribution in [0.5, 0.6) is 11.5 Å². The molecule has 2 aromatic carbocycles. The van der Waals surface area contributed by atoms with Gasteiger partial charge in [0.15, 0.2) is 11.5 Å². The predicted octanol–water partition coefficient (Wildman–Crippen LogP) is 5.13. The monoisotopic (exact) mass is 395 g/mol. The molecule has 1 amide bonds. The summed E-state index contributed by atoms with van der Waals surface area (Å²) in [5.74, 6) is 1.26. The predicted molar refractivity (Wildman–Crippen MR) is 106 cm³/mol. The Morgan fingerprint density at radius 1 is 1.15 bits per heavy atom. The fourth-order valence-corrected chi connectivity index (χ4v) is 3.26. The number of rotatable bonds is 7. The third-order valence-corrected chi connectivity index (χ3v) is 5.13. The van der Waals surface area contributed by atoms with Gasteiger partial charge in [-0.25, -0.2) is 0 Å². The molecule has 0 saturated carbocycles. The number of halogens is 2. The van der Waals surface area contributed by atoms with E-state index >= 15 is 0 Å². The van der Waals surface area contributed by atoms with Crippen molar-refractivity contribution in [1.82, 2.24) is 5.32 Å². The van der Waals surface area contributed by atoms with E-state index in [1.807, 2.05) is 38.1 Å². The topological polar surface area (TPSA) is 47.6 Å². The molecule has 26 heavy (non-hydrogen) atoms. The normalized spacial score (nSPS) is 11.8. The average Bonchev–Trinajstić information content (AvgIpc) is 2.62. The molecule has 0 aromatic heterocycles. The van der Waals surface area contributed by atoms with Crippen molar-refractivity contribution in [3.8, 4) is 11.5 Å². The Balaban J connectivity index is 2.04. The number of carbonyl (C=O) groups excluding carboxylic acids is 1. The molecule has 0 aliphatic carbocycles. The summed E-state index contributed by atoms with van der Waals surface area (Å²) in [6.45, 7) is 3.92. The van der Waals surface area contributed by atoms with E-state index < -0.39 is 0 Å². The highest BCUT2D eigenvalue weighted by molar-refractivity contribution is 6.42. The lowest BCUT2D eigenvalue weighted by Crippen LogP contribution is -2.27. The van der Waals surface area contributed by atoms with Crippen LogP contribution in [0.4, 0.5) is 0 Å². The molecule has 6 heteroatoms. The van der Waals surface area contributed by atoms with E-state index in [0.717, 1.165) is 16.7 Å². The van der Waals surface area contributed by atoms with Gasteiger partial charge in [-0.3, -0.25) is 4.79 Å². The zero-order valence-electron chi connectivity index (χ0n) is 15.4. The van der Waals surface area contributed by atoms with Crippen molar-refractivity contribution in [1.29, 1.82) is 0 Å². The van der Waals surface area contributed by atoms with Crippen molar-refractivity contribution in [3.05, 3.63) is 57.1 Å². The van der Waals surface area contributed by atoms with Gasteiger partial charge in [-0.15, -0.1) is 0 Å². The Bertz CT molecular complexity index is 793. The summed E-state index contributed by atoms with van der Waals surface area (Å²) in [5.41, 5.74) is 2.87. The molecule has 140 valence electrons. The zero-order chi connectivity index (χ0) is 19.3. The molecule has 0 bridgehead atoms. The van der Waals surface area contributed by atoms with Crippen LogP contribution in [-0.4, -0.2) is 20.1 Å². The first-order valence-electron chi connectivity index (χ1n) is 8.32. The minimum Gasteiger partial charge on any atom is -0.493 e. The van der Waals surface area contributed by atoms with Gasteiger partial charge < -0.3 is 14.8 Å². The van der Waals surface area contributed by atoms with Crippen LogP contribution in [0.2, 0.25) is 10.0 Å². The summed E-state index contributed by atoms with van der Waals surface area (Å²) in [4.78, 5) is 12.3. The Kier molecular flexibility index (Phi) is 7.18. The summed E-state index contributed by atoms with van der Waals surface area (Å²) in [7, 11) is 3.19. The number of amides is 1. The smallest absolute Gasteiger partial charge is 0.220 e. The number of aryl methyl sites for hydroxylation is 2. The first-order chi connectivity index (χ1) is 12.4. The molecule has 2 rings (SSSR count). The summed E-state index contributed by atoms with van der Waals surface area (Å²) in [5, 5.41) is 4.02. The van der Waals surface area contributed by atoms with Crippen LogP contribution in [0.3, 0.4) is 0 Å². The first-order valence-corrected chi connectivity index (χ1v) is 9.07. The minimum atomic E-state index is -0.155. The third-order valence-electron chi connectivity index (χ3n) is 4.27. The number of methoxy groups -OCH3 is 2. The number of nitrogens with one attached hydrogen (secondary N) is 1. The second-order valence-corrected chi connectivity index (χ2v) is 6.85. The van der Waals surface area contributed by atoms with E-state index in [2.05, 4.69) is 5.32 Å². The molecule has 4 nitrogen and oxygen atoms in total. The molecule has 0 saturated heterocycles. The third kappa shape index (κ3) is 4.83. The highest BCUT2D eigenvalue weighted by Crippen LogP contribution is 2.33. The Morgan fingerprint density at radius 2 is 1.81 bits per heavy atom. The molecule has 0 aliphatic rings. The standard InChI is InChI=1S/C20H23Cl2NO3/c1-12-10-17(25-3)18(26-4)11-15(12)13(2)23-19(24)9-8-14-6-5-7-16(21)20(14)22/h5-7,10-11,13H,8-9H2,1-4H3,(H,23,24). The number of hydrogen-bond acceptors (Lipinski definition) is 3. The average molecular weight is 396 g/mol. The second kappa shape index (κ2) is 9.15. The van der Waals surface area contributed by atoms with Crippen LogP contribution in [0.1, 0.15) is 36.1 Å². The highest BCUT2D eigenvalue weighted by Gasteiger charge is 2.16. The molecule has 0 radical (unpaired) electrons. The summed E-state index contributed by atoms with van der Waals surface area (Å²) in [6.07, 6.45) is 0.861. The maximum atomic E-state index is 12.3. The number of carbonyl (C=O) groups is 1. The lowest BCUT2D eigenvalue weighted by atomic mass is 10.0. The van der Waals surface area contributed by atoms with Crippen molar-refractivity contribution < 1.29 is 14.3 Å². The van der Waals surface area contributed by atoms with E-state index in [1.165, 1.54) is 0 Å². The van der Waals surface area contributed by atoms with Crippen LogP contribution < -0.4 is 14.8 Å². The largest absolute Gasteiger partial charge is 0.493 e. The molecular weight excluding hydrogens is 373 g/mol. The molecule has 1 atom stereocenters. The molecule has 1 N–H and O–H groups in total. The molecule has 2 aromatic rings. The van der Waals surface area contributed by atoms with Gasteiger partial charge in [0.1, 0.15) is 0 Å². The van der Waals surface area contributed by atoms with Crippen LogP contribution >= 0.6 is 23.2 Å². The van der Waals surface area contributed by atoms with Gasteiger partial charge in [0.25, 0.3) is 0 Å². The molecule has 0 fully saturated rings. The molecular formula is C20H23Cl2NO3. The Hall–Kier alpha value is -1.91. The van der Waals surface area contributed by atoms with Crippen molar-refractivity contribution in [2.45, 2.75) is 32.7 Å². The van der Waals surface area contributed by atoms with Crippen molar-refractivity contribution >= 4 is 29.1 Å². The maximum absolute atomic E-state index is 12.3. The minimum absolute atomic E-state index is 0.0530. The van der Waals surface area contributed by atoms with Crippen LogP contribution in [0.15, 0.2) is 30.3 Å². The molecule has 1 unspecified atom stereocenters. The van der Waals surface area contributed by atoms with Gasteiger partial charge >= 0.3 is 0 Å². The second-order valence-electron chi connectivity index (χ2n) is 6.07. The number of ether oxygens (including phenoxy) is 2. The van der Waals surface area contributed by atoms with E-state index in [4.69, 9.17) is 32.7 Å².